The molecule has 2 N–H and O–H groups in total. The zero-order valence-corrected chi connectivity index (χ0v) is 19.0. The lowest BCUT2D eigenvalue weighted by molar-refractivity contribution is -0.140. The van der Waals surface area contributed by atoms with Crippen molar-refractivity contribution in [2.75, 3.05) is 31.2 Å². The van der Waals surface area contributed by atoms with E-state index < -0.39 is 21.7 Å². The van der Waals surface area contributed by atoms with Crippen molar-refractivity contribution < 1.29 is 23.1 Å². The summed E-state index contributed by atoms with van der Waals surface area (Å²) in [4.78, 5) is 11.7. The molecule has 1 heterocycles. The number of rotatable bonds is 14. The fourth-order valence-electron chi connectivity index (χ4n) is 3.94. The number of benzene rings is 1. The zero-order chi connectivity index (χ0) is 21.8. The molecule has 30 heavy (non-hydrogen) atoms. The Morgan fingerprint density at radius 1 is 1.20 bits per heavy atom. The summed E-state index contributed by atoms with van der Waals surface area (Å²) in [6, 6.07) is 7.37. The Bertz CT molecular complexity index is 744. The van der Waals surface area contributed by atoms with E-state index in [9.17, 15) is 18.3 Å². The molecule has 1 atom stereocenters. The van der Waals surface area contributed by atoms with Crippen LogP contribution in [0.1, 0.15) is 57.4 Å². The third-order valence-electron chi connectivity index (χ3n) is 5.78. The molecular formula is C23H37NO5S. The molecule has 0 saturated carbocycles. The van der Waals surface area contributed by atoms with E-state index in [4.69, 9.17) is 4.74 Å². The second kappa shape index (κ2) is 13.0. The minimum Gasteiger partial charge on any atom is -0.493 e. The summed E-state index contributed by atoms with van der Waals surface area (Å²) in [5.74, 6) is -0.848. The van der Waals surface area contributed by atoms with Crippen LogP contribution in [0.3, 0.4) is 0 Å². The van der Waals surface area contributed by atoms with Crippen molar-refractivity contribution in [2.24, 2.45) is 11.8 Å². The number of piperidine rings is 1. The number of nitrogens with one attached hydrogen (secondary N) is 1. The number of unbranched alkanes of at least 4 members (excludes halogenated alkanes) is 2. The highest BCUT2D eigenvalue weighted by Crippen LogP contribution is 2.24. The Morgan fingerprint density at radius 2 is 1.93 bits per heavy atom. The summed E-state index contributed by atoms with van der Waals surface area (Å²) in [6.45, 7) is 4.75. The molecule has 0 aliphatic carbocycles. The van der Waals surface area contributed by atoms with Crippen molar-refractivity contribution in [2.45, 2.75) is 58.3 Å². The molecular weight excluding hydrogens is 402 g/mol. The molecule has 0 spiro atoms. The Morgan fingerprint density at radius 3 is 2.63 bits per heavy atom. The van der Waals surface area contributed by atoms with E-state index in [1.807, 2.05) is 31.2 Å². The fraction of sp³-hybridized carbons (Fsp3) is 0.696. The Labute approximate surface area is 181 Å². The highest BCUT2D eigenvalue weighted by molar-refractivity contribution is 7.91. The van der Waals surface area contributed by atoms with Gasteiger partial charge >= 0.3 is 5.97 Å². The smallest absolute Gasteiger partial charge is 0.307 e. The Hall–Kier alpha value is -1.60. The lowest BCUT2D eigenvalue weighted by atomic mass is 9.93. The molecule has 1 aromatic carbocycles. The van der Waals surface area contributed by atoms with Crippen molar-refractivity contribution in [3.05, 3.63) is 29.8 Å². The van der Waals surface area contributed by atoms with Gasteiger partial charge in [0, 0.05) is 0 Å². The first kappa shape index (κ1) is 24.7. The fourth-order valence-corrected chi connectivity index (χ4v) is 5.71. The molecule has 1 saturated heterocycles. The summed E-state index contributed by atoms with van der Waals surface area (Å²) in [5.41, 5.74) is 0.758. The summed E-state index contributed by atoms with van der Waals surface area (Å²) < 4.78 is 30.5. The normalized spacial score (nSPS) is 16.3. The number of sulfone groups is 1. The first-order chi connectivity index (χ1) is 14.4. The molecule has 1 aromatic rings. The summed E-state index contributed by atoms with van der Waals surface area (Å²) in [5, 5.41) is 13.0. The predicted molar refractivity (Wildman–Crippen MR) is 120 cm³/mol. The van der Waals surface area contributed by atoms with Crippen LogP contribution in [0.25, 0.3) is 0 Å². The van der Waals surface area contributed by atoms with Gasteiger partial charge in [0.2, 0.25) is 0 Å². The maximum atomic E-state index is 12.3. The number of aliphatic carboxylic acids is 1. The van der Waals surface area contributed by atoms with Gasteiger partial charge in [0.05, 0.1) is 24.0 Å². The van der Waals surface area contributed by atoms with E-state index in [2.05, 4.69) is 5.32 Å². The van der Waals surface area contributed by atoms with Crippen LogP contribution in [-0.2, 0) is 21.1 Å². The minimum absolute atomic E-state index is 0.0441. The number of para-hydroxylation sites is 1. The van der Waals surface area contributed by atoms with Gasteiger partial charge in [0.25, 0.3) is 0 Å². The number of hydrogen-bond donors (Lipinski definition) is 2. The molecule has 1 unspecified atom stereocenters. The van der Waals surface area contributed by atoms with Crippen molar-refractivity contribution in [1.29, 1.82) is 0 Å². The lowest BCUT2D eigenvalue weighted by Gasteiger charge is -2.22. The highest BCUT2D eigenvalue weighted by Gasteiger charge is 2.26. The number of hydrogen-bond acceptors (Lipinski definition) is 5. The van der Waals surface area contributed by atoms with Gasteiger partial charge in [-0.2, -0.15) is 0 Å². The Balaban J connectivity index is 1.86. The summed E-state index contributed by atoms with van der Waals surface area (Å²) in [6.07, 6.45) is 7.31. The minimum atomic E-state index is -3.38. The van der Waals surface area contributed by atoms with E-state index in [1.165, 1.54) is 19.3 Å². The van der Waals surface area contributed by atoms with Gasteiger partial charge in [-0.3, -0.25) is 4.79 Å². The molecule has 7 heteroatoms. The zero-order valence-electron chi connectivity index (χ0n) is 18.1. The van der Waals surface area contributed by atoms with E-state index in [0.717, 1.165) is 43.8 Å². The predicted octanol–water partition coefficient (Wildman–Crippen LogP) is 3.69. The average Bonchev–Trinajstić information content (AvgIpc) is 2.73. The van der Waals surface area contributed by atoms with Crippen LogP contribution in [0.15, 0.2) is 24.3 Å². The van der Waals surface area contributed by atoms with Crippen LogP contribution in [0.5, 0.6) is 5.75 Å². The van der Waals surface area contributed by atoms with E-state index in [0.29, 0.717) is 18.8 Å². The van der Waals surface area contributed by atoms with Gasteiger partial charge in [-0.15, -0.1) is 0 Å². The molecule has 1 aliphatic heterocycles. The highest BCUT2D eigenvalue weighted by atomic mass is 32.2. The molecule has 2 rings (SSSR count). The third-order valence-corrected chi connectivity index (χ3v) is 7.60. The quantitative estimate of drug-likeness (QED) is 0.430. The van der Waals surface area contributed by atoms with E-state index >= 15 is 0 Å². The van der Waals surface area contributed by atoms with Crippen molar-refractivity contribution in [3.63, 3.8) is 0 Å². The van der Waals surface area contributed by atoms with Crippen molar-refractivity contribution in [1.82, 2.24) is 5.32 Å². The standard InChI is InChI=1S/C23H37NO5S/c1-2-3-16-30(27,28)18-21(23(25)26)17-20-9-4-5-10-22(20)29-15-7-6-8-19-11-13-24-14-12-19/h4-5,9-10,19,21,24H,2-3,6-8,11-18H2,1H3,(H,25,26). The van der Waals surface area contributed by atoms with Gasteiger partial charge in [-0.05, 0) is 69.2 Å². The first-order valence-electron chi connectivity index (χ1n) is 11.3. The molecule has 0 bridgehead atoms. The van der Waals surface area contributed by atoms with Gasteiger partial charge < -0.3 is 15.2 Å². The van der Waals surface area contributed by atoms with Crippen LogP contribution in [0, 0.1) is 11.8 Å². The monoisotopic (exact) mass is 439 g/mol. The van der Waals surface area contributed by atoms with Crippen LogP contribution >= 0.6 is 0 Å². The van der Waals surface area contributed by atoms with Gasteiger partial charge in [0.15, 0.2) is 9.84 Å². The second-order valence-corrected chi connectivity index (χ2v) is 10.6. The van der Waals surface area contributed by atoms with Gasteiger partial charge in [-0.25, -0.2) is 8.42 Å². The SMILES string of the molecule is CCCCS(=O)(=O)CC(Cc1ccccc1OCCCCC1CCNCC1)C(=O)O. The van der Waals surface area contributed by atoms with Gasteiger partial charge in [0.1, 0.15) is 5.75 Å². The van der Waals surface area contributed by atoms with Crippen molar-refractivity contribution >= 4 is 15.8 Å². The number of ether oxygens (including phenoxy) is 1. The van der Waals surface area contributed by atoms with Crippen LogP contribution < -0.4 is 10.1 Å². The molecule has 0 radical (unpaired) electrons. The molecule has 0 aromatic heterocycles. The number of carboxylic acid groups (broad SMARTS) is 1. The summed E-state index contributed by atoms with van der Waals surface area (Å²) >= 11 is 0. The molecule has 1 fully saturated rings. The van der Waals surface area contributed by atoms with Crippen LogP contribution in [0.4, 0.5) is 0 Å². The molecule has 0 amide bonds. The van der Waals surface area contributed by atoms with E-state index in [1.54, 1.807) is 0 Å². The maximum absolute atomic E-state index is 12.3. The number of carbonyl (C=O) groups is 1. The summed E-state index contributed by atoms with van der Waals surface area (Å²) in [7, 11) is -3.38. The third kappa shape index (κ3) is 9.04. The molecule has 1 aliphatic rings. The molecule has 6 nitrogen and oxygen atoms in total. The van der Waals surface area contributed by atoms with Gasteiger partial charge in [-0.1, -0.05) is 38.0 Å². The Kier molecular flexibility index (Phi) is 10.6. The van der Waals surface area contributed by atoms with Crippen molar-refractivity contribution in [3.8, 4) is 5.75 Å². The topological polar surface area (TPSA) is 92.7 Å². The first-order valence-corrected chi connectivity index (χ1v) is 13.1. The second-order valence-electron chi connectivity index (χ2n) is 8.35. The van der Waals surface area contributed by atoms with E-state index in [-0.39, 0.29) is 17.9 Å². The largest absolute Gasteiger partial charge is 0.493 e. The maximum Gasteiger partial charge on any atom is 0.307 e. The van der Waals surface area contributed by atoms with Crippen LogP contribution in [0.2, 0.25) is 0 Å². The average molecular weight is 440 g/mol. The van der Waals surface area contributed by atoms with Crippen LogP contribution in [-0.4, -0.2) is 50.7 Å². The molecule has 170 valence electrons. The lowest BCUT2D eigenvalue weighted by Crippen LogP contribution is -2.27. The number of carboxylic acids is 1.